The lowest BCUT2D eigenvalue weighted by Crippen LogP contribution is -2.11. The van der Waals surface area contributed by atoms with Crippen LogP contribution in [0.25, 0.3) is 4.85 Å². The van der Waals surface area contributed by atoms with Crippen molar-refractivity contribution in [3.63, 3.8) is 0 Å². The largest absolute Gasteiger partial charge is 0.407 e. The molecule has 0 bridgehead atoms. The first-order valence-electron chi connectivity index (χ1n) is 4.12. The van der Waals surface area contributed by atoms with Gasteiger partial charge in [-0.05, 0) is 12.1 Å². The highest BCUT2D eigenvalue weighted by Gasteiger charge is 2.33. The van der Waals surface area contributed by atoms with E-state index in [0.717, 1.165) is 6.07 Å². The quantitative estimate of drug-likeness (QED) is 0.650. The molecule has 0 N–H and O–H groups in total. The van der Waals surface area contributed by atoms with Gasteiger partial charge in [0, 0.05) is 19.8 Å². The Bertz CT molecular complexity index is 402. The summed E-state index contributed by atoms with van der Waals surface area (Å²) in [5.41, 5.74) is -0.827. The Morgan fingerprint density at radius 2 is 1.87 bits per heavy atom. The average Bonchev–Trinajstić information content (AvgIpc) is 2.15. The summed E-state index contributed by atoms with van der Waals surface area (Å²) in [5, 5.41) is 0. The molecule has 80 valence electrons. The molecule has 0 saturated carbocycles. The van der Waals surface area contributed by atoms with Crippen LogP contribution in [0.3, 0.4) is 0 Å². The van der Waals surface area contributed by atoms with Crippen molar-refractivity contribution in [2.75, 3.05) is 19.0 Å². The number of alkyl halides is 3. The molecule has 0 aliphatic carbocycles. The molecule has 0 amide bonds. The summed E-state index contributed by atoms with van der Waals surface area (Å²) in [4.78, 5) is 4.41. The highest BCUT2D eigenvalue weighted by Crippen LogP contribution is 2.38. The molecule has 2 nitrogen and oxygen atoms in total. The molecule has 0 atom stereocenters. The van der Waals surface area contributed by atoms with E-state index in [9.17, 15) is 13.2 Å². The molecule has 1 aromatic carbocycles. The number of halogens is 3. The SMILES string of the molecule is [C-]#[N+]c1ccc(N(C)C)cc1C(F)(F)F. The molecule has 0 spiro atoms. The average molecular weight is 214 g/mol. The van der Waals surface area contributed by atoms with Gasteiger partial charge >= 0.3 is 6.18 Å². The monoisotopic (exact) mass is 214 g/mol. The van der Waals surface area contributed by atoms with Gasteiger partial charge in [0.1, 0.15) is 0 Å². The summed E-state index contributed by atoms with van der Waals surface area (Å²) in [6.45, 7) is 6.65. The van der Waals surface area contributed by atoms with Crippen LogP contribution < -0.4 is 4.90 Å². The van der Waals surface area contributed by atoms with Gasteiger partial charge in [-0.3, -0.25) is 0 Å². The van der Waals surface area contributed by atoms with Crippen molar-refractivity contribution in [3.05, 3.63) is 35.2 Å². The normalized spacial score (nSPS) is 10.9. The van der Waals surface area contributed by atoms with E-state index in [-0.39, 0.29) is 5.69 Å². The maximum atomic E-state index is 12.5. The van der Waals surface area contributed by atoms with Gasteiger partial charge in [0.05, 0.1) is 12.1 Å². The van der Waals surface area contributed by atoms with Gasteiger partial charge in [0.15, 0.2) is 5.69 Å². The lowest BCUT2D eigenvalue weighted by atomic mass is 10.1. The van der Waals surface area contributed by atoms with E-state index < -0.39 is 11.7 Å². The molecule has 0 aromatic heterocycles. The summed E-state index contributed by atoms with van der Waals surface area (Å²) in [6, 6.07) is 3.65. The number of rotatable bonds is 1. The number of anilines is 1. The molecule has 0 aliphatic heterocycles. The summed E-state index contributed by atoms with van der Waals surface area (Å²) in [6.07, 6.45) is -4.48. The van der Waals surface area contributed by atoms with Crippen molar-refractivity contribution in [1.82, 2.24) is 0 Å². The van der Waals surface area contributed by atoms with E-state index in [1.54, 1.807) is 19.0 Å². The van der Waals surface area contributed by atoms with Gasteiger partial charge in [-0.25, -0.2) is 4.85 Å². The number of nitrogens with zero attached hydrogens (tertiary/aromatic N) is 2. The van der Waals surface area contributed by atoms with Gasteiger partial charge in [0.25, 0.3) is 0 Å². The van der Waals surface area contributed by atoms with Crippen molar-refractivity contribution in [1.29, 1.82) is 0 Å². The lowest BCUT2D eigenvalue weighted by Gasteiger charge is -2.16. The molecule has 0 aliphatic rings. The maximum Gasteiger partial charge on any atom is 0.407 e. The third-order valence-corrected chi connectivity index (χ3v) is 1.92. The minimum atomic E-state index is -4.48. The Labute approximate surface area is 85.8 Å². The van der Waals surface area contributed by atoms with Crippen LogP contribution in [-0.4, -0.2) is 14.1 Å². The number of hydrogen-bond donors (Lipinski definition) is 0. The minimum absolute atomic E-state index is 0.367. The molecule has 0 unspecified atom stereocenters. The lowest BCUT2D eigenvalue weighted by molar-refractivity contribution is -0.136. The minimum Gasteiger partial charge on any atom is -0.378 e. The summed E-state index contributed by atoms with van der Waals surface area (Å²) in [7, 11) is 3.29. The highest BCUT2D eigenvalue weighted by atomic mass is 19.4. The second kappa shape index (κ2) is 3.81. The number of hydrogen-bond acceptors (Lipinski definition) is 1. The van der Waals surface area contributed by atoms with Gasteiger partial charge in [-0.15, -0.1) is 0 Å². The molecular formula is C10H9F3N2. The van der Waals surface area contributed by atoms with Crippen LogP contribution in [0.1, 0.15) is 5.56 Å². The molecule has 1 aromatic rings. The van der Waals surface area contributed by atoms with Crippen LogP contribution in [0.5, 0.6) is 0 Å². The summed E-state index contributed by atoms with van der Waals surface area (Å²) < 4.78 is 37.6. The van der Waals surface area contributed by atoms with Gasteiger partial charge in [-0.1, -0.05) is 6.07 Å². The molecule has 0 radical (unpaired) electrons. The zero-order valence-electron chi connectivity index (χ0n) is 8.26. The zero-order valence-corrected chi connectivity index (χ0v) is 8.26. The van der Waals surface area contributed by atoms with E-state index in [2.05, 4.69) is 4.85 Å². The third-order valence-electron chi connectivity index (χ3n) is 1.92. The fraction of sp³-hybridized carbons (Fsp3) is 0.300. The van der Waals surface area contributed by atoms with Gasteiger partial charge < -0.3 is 4.90 Å². The standard InChI is InChI=1S/C10H9F3N2/c1-14-9-5-4-7(15(2)3)6-8(9)10(11,12)13/h4-6H,2-3H3. The molecule has 0 fully saturated rings. The van der Waals surface area contributed by atoms with Crippen molar-refractivity contribution in [2.45, 2.75) is 6.18 Å². The Balaban J connectivity index is 3.34. The van der Waals surface area contributed by atoms with Crippen LogP contribution >= 0.6 is 0 Å². The molecule has 0 saturated heterocycles. The zero-order chi connectivity index (χ0) is 11.6. The van der Waals surface area contributed by atoms with E-state index in [1.165, 1.54) is 12.1 Å². The fourth-order valence-electron chi connectivity index (χ4n) is 1.13. The topological polar surface area (TPSA) is 7.60 Å². The molecule has 0 heterocycles. The van der Waals surface area contributed by atoms with Crippen molar-refractivity contribution < 1.29 is 13.2 Å². The van der Waals surface area contributed by atoms with E-state index in [0.29, 0.717) is 5.69 Å². The number of benzene rings is 1. The first kappa shape index (κ1) is 11.4. The maximum absolute atomic E-state index is 12.5. The van der Waals surface area contributed by atoms with Crippen LogP contribution in [-0.2, 0) is 6.18 Å². The molecule has 1 rings (SSSR count). The van der Waals surface area contributed by atoms with Crippen LogP contribution in [0, 0.1) is 6.57 Å². The predicted octanol–water partition coefficient (Wildman–Crippen LogP) is 3.32. The van der Waals surface area contributed by atoms with Crippen molar-refractivity contribution in [3.8, 4) is 0 Å². The Morgan fingerprint density at radius 3 is 2.27 bits per heavy atom. The van der Waals surface area contributed by atoms with Gasteiger partial charge in [0.2, 0.25) is 0 Å². The summed E-state index contributed by atoms with van der Waals surface area (Å²) >= 11 is 0. The first-order chi connectivity index (χ1) is 6.86. The van der Waals surface area contributed by atoms with E-state index >= 15 is 0 Å². The Morgan fingerprint density at radius 1 is 1.27 bits per heavy atom. The van der Waals surface area contributed by atoms with Crippen molar-refractivity contribution >= 4 is 11.4 Å². The van der Waals surface area contributed by atoms with Crippen LogP contribution in [0.15, 0.2) is 18.2 Å². The van der Waals surface area contributed by atoms with E-state index in [1.807, 2.05) is 0 Å². The molecule has 5 heteroatoms. The third kappa shape index (κ3) is 2.40. The highest BCUT2D eigenvalue weighted by molar-refractivity contribution is 5.61. The van der Waals surface area contributed by atoms with Crippen LogP contribution in [0.2, 0.25) is 0 Å². The fourth-order valence-corrected chi connectivity index (χ4v) is 1.13. The van der Waals surface area contributed by atoms with E-state index in [4.69, 9.17) is 6.57 Å². The summed E-state index contributed by atoms with van der Waals surface area (Å²) in [5.74, 6) is 0. The second-order valence-corrected chi connectivity index (χ2v) is 3.21. The Kier molecular flexibility index (Phi) is 2.89. The Hall–Kier alpha value is -1.70. The molecule has 15 heavy (non-hydrogen) atoms. The second-order valence-electron chi connectivity index (χ2n) is 3.21. The van der Waals surface area contributed by atoms with Crippen molar-refractivity contribution in [2.24, 2.45) is 0 Å². The first-order valence-corrected chi connectivity index (χ1v) is 4.12. The van der Waals surface area contributed by atoms with Crippen LogP contribution in [0.4, 0.5) is 24.5 Å². The smallest absolute Gasteiger partial charge is 0.378 e. The predicted molar refractivity (Wildman–Crippen MR) is 52.0 cm³/mol. The molecular weight excluding hydrogens is 205 g/mol. The van der Waals surface area contributed by atoms with Gasteiger partial charge in [-0.2, -0.15) is 13.2 Å².